The molecule has 1 saturated heterocycles. The molecule has 9 heteroatoms. The number of nitrogens with zero attached hydrogens (tertiary/aromatic N) is 3. The minimum Gasteiger partial charge on any atom is -0.406 e. The quantitative estimate of drug-likeness (QED) is 0.710. The first-order chi connectivity index (χ1) is 12.4. The van der Waals surface area contributed by atoms with Crippen LogP contribution in [0, 0.1) is 0 Å². The Balaban J connectivity index is 1.71. The van der Waals surface area contributed by atoms with Gasteiger partial charge in [-0.2, -0.15) is 5.10 Å². The van der Waals surface area contributed by atoms with Crippen LogP contribution < -0.4 is 9.64 Å². The zero-order valence-electron chi connectivity index (χ0n) is 13.4. The number of alkyl halides is 4. The SMILES string of the molecule is F[C@@H]1CCN(c2cc(-c3n[nH]c4ccc(OC(F)(F)F)cc34)ccn2)C1. The molecule has 2 aromatic heterocycles. The summed E-state index contributed by atoms with van der Waals surface area (Å²) in [6.07, 6.45) is -3.61. The molecule has 0 bridgehead atoms. The van der Waals surface area contributed by atoms with Gasteiger partial charge < -0.3 is 9.64 Å². The van der Waals surface area contributed by atoms with Crippen LogP contribution in [0.1, 0.15) is 6.42 Å². The topological polar surface area (TPSA) is 54.0 Å². The molecule has 1 atom stereocenters. The molecule has 136 valence electrons. The molecule has 3 heterocycles. The van der Waals surface area contributed by atoms with Crippen molar-refractivity contribution in [2.75, 3.05) is 18.0 Å². The Morgan fingerprint density at radius 2 is 2.04 bits per heavy atom. The van der Waals surface area contributed by atoms with E-state index in [0.29, 0.717) is 40.9 Å². The maximum Gasteiger partial charge on any atom is 0.573 e. The molecule has 3 aromatic rings. The van der Waals surface area contributed by atoms with Gasteiger partial charge in [-0.1, -0.05) is 0 Å². The molecule has 1 N–H and O–H groups in total. The van der Waals surface area contributed by atoms with E-state index in [1.54, 1.807) is 18.3 Å². The lowest BCUT2D eigenvalue weighted by Crippen LogP contribution is -2.20. The van der Waals surface area contributed by atoms with Gasteiger partial charge in [0.2, 0.25) is 0 Å². The molecule has 5 nitrogen and oxygen atoms in total. The average Bonchev–Trinajstić information content (AvgIpc) is 3.19. The summed E-state index contributed by atoms with van der Waals surface area (Å²) < 4.78 is 54.8. The van der Waals surface area contributed by atoms with E-state index in [1.165, 1.54) is 18.2 Å². The highest BCUT2D eigenvalue weighted by Crippen LogP contribution is 2.33. The van der Waals surface area contributed by atoms with Crippen molar-refractivity contribution in [3.05, 3.63) is 36.5 Å². The number of fused-ring (bicyclic) bond motifs is 1. The van der Waals surface area contributed by atoms with Crippen LogP contribution in [0.25, 0.3) is 22.2 Å². The minimum atomic E-state index is -4.76. The van der Waals surface area contributed by atoms with Crippen LogP contribution >= 0.6 is 0 Å². The number of ether oxygens (including phenoxy) is 1. The molecule has 0 aliphatic carbocycles. The average molecular weight is 366 g/mol. The lowest BCUT2D eigenvalue weighted by atomic mass is 10.1. The predicted octanol–water partition coefficient (Wildman–Crippen LogP) is 4.07. The van der Waals surface area contributed by atoms with Crippen molar-refractivity contribution in [3.8, 4) is 17.0 Å². The van der Waals surface area contributed by atoms with E-state index in [4.69, 9.17) is 0 Å². The third-order valence-electron chi connectivity index (χ3n) is 4.24. The number of nitrogens with one attached hydrogen (secondary N) is 1. The number of H-pyrrole nitrogens is 1. The molecule has 1 aliphatic rings. The summed E-state index contributed by atoms with van der Waals surface area (Å²) in [5.74, 6) is 0.295. The second-order valence-corrected chi connectivity index (χ2v) is 6.06. The summed E-state index contributed by atoms with van der Waals surface area (Å²) in [7, 11) is 0. The van der Waals surface area contributed by atoms with Crippen LogP contribution in [0.2, 0.25) is 0 Å². The van der Waals surface area contributed by atoms with Crippen molar-refractivity contribution >= 4 is 16.7 Å². The van der Waals surface area contributed by atoms with Gasteiger partial charge in [0, 0.05) is 23.7 Å². The third-order valence-corrected chi connectivity index (χ3v) is 4.24. The molecule has 4 rings (SSSR count). The number of anilines is 1. The van der Waals surface area contributed by atoms with E-state index < -0.39 is 12.5 Å². The highest BCUT2D eigenvalue weighted by atomic mass is 19.4. The molecule has 1 aromatic carbocycles. The normalized spacial score (nSPS) is 17.8. The summed E-state index contributed by atoms with van der Waals surface area (Å²) in [6, 6.07) is 7.45. The van der Waals surface area contributed by atoms with Gasteiger partial charge in [-0.15, -0.1) is 13.2 Å². The second kappa shape index (κ2) is 6.15. The molecule has 0 saturated carbocycles. The third kappa shape index (κ3) is 3.29. The maximum absolute atomic E-state index is 13.4. The van der Waals surface area contributed by atoms with Crippen LogP contribution in [0.5, 0.6) is 5.75 Å². The number of hydrogen-bond acceptors (Lipinski definition) is 4. The molecule has 0 amide bonds. The lowest BCUT2D eigenvalue weighted by molar-refractivity contribution is -0.274. The van der Waals surface area contributed by atoms with Crippen molar-refractivity contribution in [1.29, 1.82) is 0 Å². The highest BCUT2D eigenvalue weighted by Gasteiger charge is 2.31. The summed E-state index contributed by atoms with van der Waals surface area (Å²) in [5.41, 5.74) is 1.73. The van der Waals surface area contributed by atoms with Gasteiger partial charge in [0.25, 0.3) is 0 Å². The summed E-state index contributed by atoms with van der Waals surface area (Å²) in [4.78, 5) is 6.09. The number of aromatic nitrogens is 3. The van der Waals surface area contributed by atoms with Gasteiger partial charge in [0.15, 0.2) is 0 Å². The number of benzene rings is 1. The standard InChI is InChI=1S/C17H14F4N4O/c18-11-4-6-25(9-11)15-7-10(3-5-22-15)16-13-8-12(26-17(19,20)21)1-2-14(13)23-24-16/h1-3,5,7-8,11H,4,6,9H2,(H,23,24)/t11-/m1/s1. The molecule has 1 fully saturated rings. The second-order valence-electron chi connectivity index (χ2n) is 6.06. The van der Waals surface area contributed by atoms with Crippen LogP contribution in [0.15, 0.2) is 36.5 Å². The van der Waals surface area contributed by atoms with E-state index in [9.17, 15) is 17.6 Å². The van der Waals surface area contributed by atoms with Gasteiger partial charge >= 0.3 is 6.36 Å². The van der Waals surface area contributed by atoms with E-state index >= 15 is 0 Å². The summed E-state index contributed by atoms with van der Waals surface area (Å²) >= 11 is 0. The Labute approximate surface area is 145 Å². The Morgan fingerprint density at radius 3 is 2.77 bits per heavy atom. The smallest absolute Gasteiger partial charge is 0.406 e. The van der Waals surface area contributed by atoms with Crippen molar-refractivity contribution in [3.63, 3.8) is 0 Å². The molecular formula is C17H14F4N4O. The Hall–Kier alpha value is -2.84. The Morgan fingerprint density at radius 1 is 1.19 bits per heavy atom. The molecule has 1 aliphatic heterocycles. The van der Waals surface area contributed by atoms with E-state index in [2.05, 4.69) is 19.9 Å². The van der Waals surface area contributed by atoms with Gasteiger partial charge in [-0.3, -0.25) is 5.10 Å². The van der Waals surface area contributed by atoms with Crippen LogP contribution in [0.3, 0.4) is 0 Å². The van der Waals surface area contributed by atoms with Gasteiger partial charge in [-0.05, 0) is 36.8 Å². The molecule has 0 spiro atoms. The van der Waals surface area contributed by atoms with Crippen LogP contribution in [-0.4, -0.2) is 40.8 Å². The zero-order valence-corrected chi connectivity index (χ0v) is 13.4. The van der Waals surface area contributed by atoms with Crippen molar-refractivity contribution in [2.24, 2.45) is 0 Å². The summed E-state index contributed by atoms with van der Waals surface area (Å²) in [6.45, 7) is 0.851. The maximum atomic E-state index is 13.4. The van der Waals surface area contributed by atoms with Crippen molar-refractivity contribution < 1.29 is 22.3 Å². The van der Waals surface area contributed by atoms with E-state index in [0.717, 1.165) is 0 Å². The fourth-order valence-corrected chi connectivity index (χ4v) is 3.07. The van der Waals surface area contributed by atoms with Crippen LogP contribution in [-0.2, 0) is 0 Å². The fraction of sp³-hybridized carbons (Fsp3) is 0.294. The number of aromatic amines is 1. The molecule has 0 unspecified atom stereocenters. The summed E-state index contributed by atoms with van der Waals surface area (Å²) in [5, 5.41) is 7.49. The lowest BCUT2D eigenvalue weighted by Gasteiger charge is -2.16. The van der Waals surface area contributed by atoms with Crippen molar-refractivity contribution in [1.82, 2.24) is 15.2 Å². The first kappa shape index (κ1) is 16.6. The number of rotatable bonds is 3. The van der Waals surface area contributed by atoms with Gasteiger partial charge in [0.05, 0.1) is 12.1 Å². The Bertz CT molecular complexity index is 940. The molecular weight excluding hydrogens is 352 g/mol. The monoisotopic (exact) mass is 366 g/mol. The Kier molecular flexibility index (Phi) is 3.93. The van der Waals surface area contributed by atoms with Crippen molar-refractivity contribution in [2.45, 2.75) is 19.0 Å². The fourth-order valence-electron chi connectivity index (χ4n) is 3.07. The number of halogens is 4. The largest absolute Gasteiger partial charge is 0.573 e. The zero-order chi connectivity index (χ0) is 18.3. The van der Waals surface area contributed by atoms with Gasteiger partial charge in [0.1, 0.15) is 23.4 Å². The van der Waals surface area contributed by atoms with Crippen LogP contribution in [0.4, 0.5) is 23.4 Å². The van der Waals surface area contributed by atoms with Gasteiger partial charge in [-0.25, -0.2) is 9.37 Å². The highest BCUT2D eigenvalue weighted by molar-refractivity contribution is 5.94. The first-order valence-corrected chi connectivity index (χ1v) is 7.98. The predicted molar refractivity (Wildman–Crippen MR) is 87.7 cm³/mol. The van der Waals surface area contributed by atoms with E-state index in [1.807, 2.05) is 4.90 Å². The minimum absolute atomic E-state index is 0.279. The number of hydrogen-bond donors (Lipinski definition) is 1. The number of pyridine rings is 1. The van der Waals surface area contributed by atoms with E-state index in [-0.39, 0.29) is 12.3 Å². The molecule has 0 radical (unpaired) electrons. The molecule has 26 heavy (non-hydrogen) atoms. The first-order valence-electron chi connectivity index (χ1n) is 7.98.